The van der Waals surface area contributed by atoms with Gasteiger partial charge in [-0.15, -0.1) is 10.2 Å². The number of anilines is 1. The lowest BCUT2D eigenvalue weighted by Gasteiger charge is -2.33. The van der Waals surface area contributed by atoms with Crippen molar-refractivity contribution < 1.29 is 9.53 Å². The lowest BCUT2D eigenvalue weighted by atomic mass is 10.0. The Labute approximate surface area is 185 Å². The van der Waals surface area contributed by atoms with Crippen molar-refractivity contribution in [3.05, 3.63) is 63.3 Å². The molecular weight excluding hydrogens is 478 g/mol. The molecule has 0 radical (unpaired) electrons. The Bertz CT molecular complexity index is 1060. The summed E-state index contributed by atoms with van der Waals surface area (Å²) in [5.74, 6) is 1.15. The normalized spacial score (nSPS) is 17.9. The summed E-state index contributed by atoms with van der Waals surface area (Å²) in [6.45, 7) is 1.85. The summed E-state index contributed by atoms with van der Waals surface area (Å²) in [5.41, 5.74) is 4.93. The number of methoxy groups -OCH3 is 1. The molecule has 1 aliphatic rings. The SMILES string of the molecule is COc1ccc([C@@H]2Nn3c(C)nnc3S[C@H]2C(=O)Nc2ccc(Br)cc2)cc1Cl. The molecular formula is C19H17BrClN5O2S. The van der Waals surface area contributed by atoms with Crippen LogP contribution in [0.1, 0.15) is 17.4 Å². The van der Waals surface area contributed by atoms with E-state index >= 15 is 0 Å². The molecule has 150 valence electrons. The van der Waals surface area contributed by atoms with E-state index in [0.717, 1.165) is 10.0 Å². The average Bonchev–Trinajstić information content (AvgIpc) is 3.08. The van der Waals surface area contributed by atoms with Crippen LogP contribution in [0.25, 0.3) is 0 Å². The van der Waals surface area contributed by atoms with Crippen molar-refractivity contribution in [3.8, 4) is 5.75 Å². The van der Waals surface area contributed by atoms with Gasteiger partial charge in [0.25, 0.3) is 0 Å². The molecule has 2 aromatic carbocycles. The van der Waals surface area contributed by atoms with Gasteiger partial charge in [-0.25, -0.2) is 4.68 Å². The molecule has 2 heterocycles. The molecule has 1 aromatic heterocycles. The maximum absolute atomic E-state index is 13.2. The lowest BCUT2D eigenvalue weighted by molar-refractivity contribution is -0.116. The second-order valence-electron chi connectivity index (χ2n) is 6.40. The second kappa shape index (κ2) is 8.25. The lowest BCUT2D eigenvalue weighted by Crippen LogP contribution is -2.41. The van der Waals surface area contributed by atoms with Crippen molar-refractivity contribution in [2.45, 2.75) is 23.4 Å². The summed E-state index contributed by atoms with van der Waals surface area (Å²) in [7, 11) is 1.57. The number of halogens is 2. The van der Waals surface area contributed by atoms with Crippen LogP contribution in [0.2, 0.25) is 5.02 Å². The Kier molecular flexibility index (Phi) is 5.71. The minimum Gasteiger partial charge on any atom is -0.495 e. The number of ether oxygens (including phenoxy) is 1. The monoisotopic (exact) mass is 493 g/mol. The smallest absolute Gasteiger partial charge is 0.240 e. The first-order valence-corrected chi connectivity index (χ1v) is 10.8. The molecule has 2 atom stereocenters. The molecule has 29 heavy (non-hydrogen) atoms. The predicted octanol–water partition coefficient (Wildman–Crippen LogP) is 4.41. The van der Waals surface area contributed by atoms with Crippen molar-refractivity contribution in [1.29, 1.82) is 0 Å². The summed E-state index contributed by atoms with van der Waals surface area (Å²) < 4.78 is 7.98. The van der Waals surface area contributed by atoms with E-state index < -0.39 is 5.25 Å². The number of aromatic nitrogens is 3. The van der Waals surface area contributed by atoms with Crippen LogP contribution in [0.15, 0.2) is 52.1 Å². The highest BCUT2D eigenvalue weighted by Crippen LogP contribution is 2.39. The predicted molar refractivity (Wildman–Crippen MR) is 117 cm³/mol. The molecule has 3 aromatic rings. The number of nitrogens with one attached hydrogen (secondary N) is 2. The fourth-order valence-corrected chi connectivity index (χ4v) is 4.69. The highest BCUT2D eigenvalue weighted by atomic mass is 79.9. The maximum Gasteiger partial charge on any atom is 0.240 e. The fourth-order valence-electron chi connectivity index (χ4n) is 3.03. The van der Waals surface area contributed by atoms with Crippen molar-refractivity contribution in [2.75, 3.05) is 17.9 Å². The minimum atomic E-state index is -0.487. The summed E-state index contributed by atoms with van der Waals surface area (Å²) >= 11 is 11.1. The Morgan fingerprint density at radius 2 is 2.03 bits per heavy atom. The van der Waals surface area contributed by atoms with Gasteiger partial charge in [0.2, 0.25) is 11.1 Å². The van der Waals surface area contributed by atoms with Gasteiger partial charge in [-0.05, 0) is 48.9 Å². The van der Waals surface area contributed by atoms with E-state index in [1.54, 1.807) is 17.9 Å². The summed E-state index contributed by atoms with van der Waals surface area (Å²) in [6.07, 6.45) is 0. The van der Waals surface area contributed by atoms with Gasteiger partial charge in [0.1, 0.15) is 16.8 Å². The Morgan fingerprint density at radius 1 is 1.28 bits per heavy atom. The first kappa shape index (κ1) is 20.1. The van der Waals surface area contributed by atoms with Crippen LogP contribution in [-0.2, 0) is 4.79 Å². The molecule has 0 spiro atoms. The third-order valence-electron chi connectivity index (χ3n) is 4.50. The average molecular weight is 495 g/mol. The van der Waals surface area contributed by atoms with Crippen LogP contribution in [0, 0.1) is 6.92 Å². The quantitative estimate of drug-likeness (QED) is 0.559. The van der Waals surface area contributed by atoms with E-state index in [-0.39, 0.29) is 11.9 Å². The van der Waals surface area contributed by atoms with Crippen molar-refractivity contribution in [1.82, 2.24) is 14.9 Å². The van der Waals surface area contributed by atoms with E-state index in [4.69, 9.17) is 16.3 Å². The number of rotatable bonds is 4. The molecule has 0 saturated carbocycles. The number of aryl methyl sites for hydroxylation is 1. The molecule has 4 rings (SSSR count). The Morgan fingerprint density at radius 3 is 2.72 bits per heavy atom. The number of fused-ring (bicyclic) bond motifs is 1. The maximum atomic E-state index is 13.2. The van der Waals surface area contributed by atoms with Crippen molar-refractivity contribution in [3.63, 3.8) is 0 Å². The topological polar surface area (TPSA) is 81.1 Å². The molecule has 10 heteroatoms. The van der Waals surface area contributed by atoms with Gasteiger partial charge in [-0.1, -0.05) is 45.4 Å². The highest BCUT2D eigenvalue weighted by molar-refractivity contribution is 9.10. The second-order valence-corrected chi connectivity index (χ2v) is 8.83. The van der Waals surface area contributed by atoms with Gasteiger partial charge in [0.05, 0.1) is 18.2 Å². The number of carbonyl (C=O) groups excluding carboxylic acids is 1. The minimum absolute atomic E-state index is 0.145. The summed E-state index contributed by atoms with van der Waals surface area (Å²) in [5, 5.41) is 11.9. The van der Waals surface area contributed by atoms with E-state index in [9.17, 15) is 4.79 Å². The standard InChI is InChI=1S/C19H17BrClN5O2S/c1-10-23-24-19-26(10)25-16(11-3-8-15(28-2)14(21)9-11)17(29-19)18(27)22-13-6-4-12(20)5-7-13/h3-9,16-17,25H,1-2H3,(H,22,27)/t16-,17+/m0/s1. The zero-order valence-corrected chi connectivity index (χ0v) is 18.7. The third kappa shape index (κ3) is 4.08. The van der Waals surface area contributed by atoms with Crippen molar-refractivity contribution in [2.24, 2.45) is 0 Å². The zero-order valence-electron chi connectivity index (χ0n) is 15.5. The number of carbonyl (C=O) groups is 1. The Balaban J connectivity index is 1.67. The van der Waals surface area contributed by atoms with E-state index in [0.29, 0.717) is 27.4 Å². The molecule has 7 nitrogen and oxygen atoms in total. The summed E-state index contributed by atoms with van der Waals surface area (Å²) in [6, 6.07) is 12.6. The number of hydrogen-bond acceptors (Lipinski definition) is 6. The largest absolute Gasteiger partial charge is 0.495 e. The molecule has 0 bridgehead atoms. The van der Waals surface area contributed by atoms with Gasteiger partial charge >= 0.3 is 0 Å². The van der Waals surface area contributed by atoms with Crippen LogP contribution >= 0.6 is 39.3 Å². The van der Waals surface area contributed by atoms with Gasteiger partial charge in [-0.2, -0.15) is 0 Å². The van der Waals surface area contributed by atoms with Gasteiger partial charge in [0.15, 0.2) is 0 Å². The molecule has 2 N–H and O–H groups in total. The zero-order chi connectivity index (χ0) is 20.5. The Hall–Kier alpha value is -2.23. The van der Waals surface area contributed by atoms with Gasteiger partial charge in [-0.3, -0.25) is 4.79 Å². The van der Waals surface area contributed by atoms with Gasteiger partial charge in [0, 0.05) is 10.2 Å². The van der Waals surface area contributed by atoms with Crippen LogP contribution in [0.4, 0.5) is 5.69 Å². The van der Waals surface area contributed by atoms with Crippen LogP contribution in [0.5, 0.6) is 5.75 Å². The molecule has 0 unspecified atom stereocenters. The molecule has 0 fully saturated rings. The number of benzene rings is 2. The molecule has 0 aliphatic carbocycles. The summed E-state index contributed by atoms with van der Waals surface area (Å²) in [4.78, 5) is 13.2. The third-order valence-corrected chi connectivity index (χ3v) is 6.54. The van der Waals surface area contributed by atoms with Crippen LogP contribution in [0.3, 0.4) is 0 Å². The first-order chi connectivity index (χ1) is 14.0. The number of hydrogen-bond donors (Lipinski definition) is 2. The molecule has 1 amide bonds. The van der Waals surface area contributed by atoms with E-state index in [1.165, 1.54) is 11.8 Å². The highest BCUT2D eigenvalue weighted by Gasteiger charge is 2.37. The van der Waals surface area contributed by atoms with Crippen LogP contribution < -0.4 is 15.5 Å². The molecule has 1 aliphatic heterocycles. The van der Waals surface area contributed by atoms with Crippen molar-refractivity contribution >= 4 is 50.9 Å². The van der Waals surface area contributed by atoms with Crippen LogP contribution in [-0.4, -0.2) is 33.1 Å². The van der Waals surface area contributed by atoms with Gasteiger partial charge < -0.3 is 15.5 Å². The number of thioether (sulfide) groups is 1. The number of nitrogens with zero attached hydrogens (tertiary/aromatic N) is 3. The number of amides is 1. The molecule has 0 saturated heterocycles. The first-order valence-electron chi connectivity index (χ1n) is 8.71. The fraction of sp³-hybridized carbons (Fsp3) is 0.211. The van der Waals surface area contributed by atoms with E-state index in [1.807, 2.05) is 43.3 Å². The van der Waals surface area contributed by atoms with E-state index in [2.05, 4.69) is 36.9 Å².